The number of Topliss-reactive ketones (excluding diaryl/α,β-unsaturated/α-hetero) is 1. The highest BCUT2D eigenvalue weighted by Crippen LogP contribution is 2.27. The number of esters is 2. The predicted molar refractivity (Wildman–Crippen MR) is 74.1 cm³/mol. The second-order valence-electron chi connectivity index (χ2n) is 4.85. The van der Waals surface area contributed by atoms with Gasteiger partial charge in [0.1, 0.15) is 18.3 Å². The van der Waals surface area contributed by atoms with Crippen molar-refractivity contribution in [3.05, 3.63) is 47.0 Å². The molecule has 1 aromatic rings. The summed E-state index contributed by atoms with van der Waals surface area (Å²) in [6, 6.07) is 9.19. The van der Waals surface area contributed by atoms with Crippen LogP contribution in [-0.2, 0) is 30.5 Å². The highest BCUT2D eigenvalue weighted by molar-refractivity contribution is 6.20. The minimum Gasteiger partial charge on any atom is -0.458 e. The fourth-order valence-corrected chi connectivity index (χ4v) is 2.20. The van der Waals surface area contributed by atoms with Crippen molar-refractivity contribution in [3.63, 3.8) is 0 Å². The van der Waals surface area contributed by atoms with E-state index in [1.54, 1.807) is 6.92 Å². The summed E-state index contributed by atoms with van der Waals surface area (Å²) in [7, 11) is 0. The van der Waals surface area contributed by atoms with Gasteiger partial charge in [-0.2, -0.15) is 0 Å². The van der Waals surface area contributed by atoms with Crippen molar-refractivity contribution in [3.8, 4) is 0 Å². The molecule has 0 heterocycles. The van der Waals surface area contributed by atoms with Gasteiger partial charge in [-0.15, -0.1) is 0 Å². The van der Waals surface area contributed by atoms with Crippen LogP contribution in [-0.4, -0.2) is 23.8 Å². The molecule has 5 heteroatoms. The van der Waals surface area contributed by atoms with Crippen LogP contribution in [0.5, 0.6) is 0 Å². The zero-order valence-electron chi connectivity index (χ0n) is 11.9. The Bertz CT molecular complexity index is 600. The van der Waals surface area contributed by atoms with Crippen LogP contribution in [0.15, 0.2) is 41.5 Å². The maximum absolute atomic E-state index is 12.0. The van der Waals surface area contributed by atoms with Gasteiger partial charge in [0.2, 0.25) is 0 Å². The molecular formula is C16H16O5. The summed E-state index contributed by atoms with van der Waals surface area (Å²) >= 11 is 0. The largest absolute Gasteiger partial charge is 0.458 e. The molecule has 1 aromatic carbocycles. The van der Waals surface area contributed by atoms with Crippen molar-refractivity contribution < 1.29 is 23.9 Å². The fraction of sp³-hybridized carbons (Fsp3) is 0.312. The van der Waals surface area contributed by atoms with Gasteiger partial charge in [0.25, 0.3) is 0 Å². The van der Waals surface area contributed by atoms with Crippen LogP contribution < -0.4 is 0 Å². The minimum atomic E-state index is -0.670. The second-order valence-corrected chi connectivity index (χ2v) is 4.85. The van der Waals surface area contributed by atoms with Crippen molar-refractivity contribution in [2.24, 2.45) is 0 Å². The third-order valence-electron chi connectivity index (χ3n) is 3.25. The van der Waals surface area contributed by atoms with Crippen LogP contribution in [0.4, 0.5) is 0 Å². The molecule has 2 rings (SSSR count). The van der Waals surface area contributed by atoms with Crippen molar-refractivity contribution in [2.75, 3.05) is 0 Å². The Labute approximate surface area is 122 Å². The molecule has 0 N–H and O–H groups in total. The molecule has 0 fully saturated rings. The summed E-state index contributed by atoms with van der Waals surface area (Å²) in [5.74, 6) is -1.50. The molecule has 0 saturated heterocycles. The van der Waals surface area contributed by atoms with Gasteiger partial charge in [-0.3, -0.25) is 9.59 Å². The van der Waals surface area contributed by atoms with E-state index in [1.165, 1.54) is 6.92 Å². The Morgan fingerprint density at radius 1 is 1.24 bits per heavy atom. The van der Waals surface area contributed by atoms with E-state index < -0.39 is 18.0 Å². The van der Waals surface area contributed by atoms with Crippen LogP contribution in [0, 0.1) is 0 Å². The Kier molecular flexibility index (Phi) is 4.52. The van der Waals surface area contributed by atoms with Crippen molar-refractivity contribution in [2.45, 2.75) is 33.0 Å². The lowest BCUT2D eigenvalue weighted by atomic mass is 10.1. The zero-order valence-corrected chi connectivity index (χ0v) is 11.9. The lowest BCUT2D eigenvalue weighted by molar-refractivity contribution is -0.145. The van der Waals surface area contributed by atoms with Gasteiger partial charge >= 0.3 is 11.9 Å². The molecular weight excluding hydrogens is 272 g/mol. The highest BCUT2D eigenvalue weighted by atomic mass is 16.5. The third kappa shape index (κ3) is 3.56. The summed E-state index contributed by atoms with van der Waals surface area (Å²) in [6.45, 7) is 2.98. The Morgan fingerprint density at radius 2 is 1.90 bits per heavy atom. The number of ether oxygens (including phenoxy) is 2. The molecule has 0 amide bonds. The van der Waals surface area contributed by atoms with Crippen LogP contribution in [0.2, 0.25) is 0 Å². The molecule has 0 aliphatic heterocycles. The van der Waals surface area contributed by atoms with E-state index in [4.69, 9.17) is 9.47 Å². The van der Waals surface area contributed by atoms with Crippen molar-refractivity contribution in [1.82, 2.24) is 0 Å². The number of ketones is 1. The average Bonchev–Trinajstić information content (AvgIpc) is 2.71. The van der Waals surface area contributed by atoms with E-state index >= 15 is 0 Å². The van der Waals surface area contributed by atoms with Crippen molar-refractivity contribution in [1.29, 1.82) is 0 Å². The normalized spacial score (nSPS) is 17.8. The van der Waals surface area contributed by atoms with Gasteiger partial charge in [0, 0.05) is 6.92 Å². The first-order valence-corrected chi connectivity index (χ1v) is 6.61. The van der Waals surface area contributed by atoms with Crippen LogP contribution in [0.3, 0.4) is 0 Å². The SMILES string of the molecule is CC(=O)OC1CC(=O)C(C(=O)OCc2ccccc2)=C1C. The van der Waals surface area contributed by atoms with Crippen LogP contribution >= 0.6 is 0 Å². The number of benzene rings is 1. The summed E-state index contributed by atoms with van der Waals surface area (Å²) in [6.07, 6.45) is -0.657. The maximum Gasteiger partial charge on any atom is 0.342 e. The van der Waals surface area contributed by atoms with E-state index in [0.717, 1.165) is 5.56 Å². The number of hydrogen-bond donors (Lipinski definition) is 0. The van der Waals surface area contributed by atoms with Gasteiger partial charge in [0.15, 0.2) is 5.78 Å². The second kappa shape index (κ2) is 6.35. The van der Waals surface area contributed by atoms with E-state index in [2.05, 4.69) is 0 Å². The molecule has 5 nitrogen and oxygen atoms in total. The van der Waals surface area contributed by atoms with Gasteiger partial charge in [-0.1, -0.05) is 30.3 Å². The Morgan fingerprint density at radius 3 is 2.52 bits per heavy atom. The lowest BCUT2D eigenvalue weighted by Gasteiger charge is -2.10. The quantitative estimate of drug-likeness (QED) is 0.625. The summed E-state index contributed by atoms with van der Waals surface area (Å²) in [5, 5.41) is 0. The van der Waals surface area contributed by atoms with Gasteiger partial charge in [0.05, 0.1) is 6.42 Å². The summed E-state index contributed by atoms with van der Waals surface area (Å²) < 4.78 is 10.2. The topological polar surface area (TPSA) is 69.7 Å². The Hall–Kier alpha value is -2.43. The van der Waals surface area contributed by atoms with E-state index in [1.807, 2.05) is 30.3 Å². The van der Waals surface area contributed by atoms with Crippen LogP contribution in [0.1, 0.15) is 25.8 Å². The molecule has 21 heavy (non-hydrogen) atoms. The predicted octanol–water partition coefficient (Wildman–Crippen LogP) is 1.95. The number of hydrogen-bond acceptors (Lipinski definition) is 5. The fourth-order valence-electron chi connectivity index (χ4n) is 2.20. The first-order chi connectivity index (χ1) is 9.99. The van der Waals surface area contributed by atoms with Gasteiger partial charge in [-0.25, -0.2) is 4.79 Å². The van der Waals surface area contributed by atoms with E-state index in [9.17, 15) is 14.4 Å². The molecule has 0 saturated carbocycles. The highest BCUT2D eigenvalue weighted by Gasteiger charge is 2.36. The zero-order chi connectivity index (χ0) is 15.4. The van der Waals surface area contributed by atoms with Crippen LogP contribution in [0.25, 0.3) is 0 Å². The van der Waals surface area contributed by atoms with Gasteiger partial charge < -0.3 is 9.47 Å². The maximum atomic E-state index is 12.0. The minimum absolute atomic E-state index is 0.00117. The number of carbonyl (C=O) groups is 3. The summed E-state index contributed by atoms with van der Waals surface area (Å²) in [4.78, 5) is 34.9. The molecule has 0 radical (unpaired) electrons. The molecule has 1 aliphatic rings. The molecule has 0 bridgehead atoms. The average molecular weight is 288 g/mol. The first-order valence-electron chi connectivity index (χ1n) is 6.61. The monoisotopic (exact) mass is 288 g/mol. The van der Waals surface area contributed by atoms with Crippen molar-refractivity contribution >= 4 is 17.7 Å². The molecule has 0 aromatic heterocycles. The molecule has 110 valence electrons. The molecule has 1 unspecified atom stereocenters. The summed E-state index contributed by atoms with van der Waals surface area (Å²) in [5.41, 5.74) is 1.29. The van der Waals surface area contributed by atoms with E-state index in [-0.39, 0.29) is 24.4 Å². The Balaban J connectivity index is 2.05. The third-order valence-corrected chi connectivity index (χ3v) is 3.25. The number of rotatable bonds is 4. The van der Waals surface area contributed by atoms with Gasteiger partial charge in [-0.05, 0) is 18.1 Å². The molecule has 0 spiro atoms. The van der Waals surface area contributed by atoms with E-state index in [0.29, 0.717) is 5.57 Å². The first kappa shape index (κ1) is 15.0. The number of carbonyl (C=O) groups excluding carboxylic acids is 3. The standard InChI is InChI=1S/C16H16O5/c1-10-14(21-11(2)17)8-13(18)15(10)16(19)20-9-12-6-4-3-5-7-12/h3-7,14H,8-9H2,1-2H3. The smallest absolute Gasteiger partial charge is 0.342 e. The molecule has 1 aliphatic carbocycles. The lowest BCUT2D eigenvalue weighted by Crippen LogP contribution is -2.15. The molecule has 1 atom stereocenters.